The van der Waals surface area contributed by atoms with Crippen LogP contribution in [0.25, 0.3) is 0 Å². The monoisotopic (exact) mass is 274 g/mol. The molecular formula is C14H21F3N2. The average molecular weight is 274 g/mol. The van der Waals surface area contributed by atoms with Gasteiger partial charge in [0, 0.05) is 12.5 Å². The molecule has 1 atom stereocenters. The van der Waals surface area contributed by atoms with Crippen LogP contribution in [0, 0.1) is 0 Å². The Labute approximate surface area is 112 Å². The van der Waals surface area contributed by atoms with Crippen LogP contribution in [0.1, 0.15) is 50.8 Å². The van der Waals surface area contributed by atoms with Crippen molar-refractivity contribution in [2.45, 2.75) is 51.2 Å². The standard InChI is InChI=1S/C14H21F3N2/c1-13(2,3)11-7-5-4-6-10(11)12(19-18)8-9-14(15,16)17/h4-7,12,19H,8-9,18H2,1-3H3. The molecule has 1 aromatic carbocycles. The number of hydrazine groups is 1. The summed E-state index contributed by atoms with van der Waals surface area (Å²) in [4.78, 5) is 0. The van der Waals surface area contributed by atoms with Crippen molar-refractivity contribution in [3.63, 3.8) is 0 Å². The second-order valence-electron chi connectivity index (χ2n) is 5.71. The van der Waals surface area contributed by atoms with Crippen molar-refractivity contribution in [1.29, 1.82) is 0 Å². The first-order chi connectivity index (χ1) is 8.65. The summed E-state index contributed by atoms with van der Waals surface area (Å²) in [6, 6.07) is 7.00. The van der Waals surface area contributed by atoms with Crippen LogP contribution >= 0.6 is 0 Å². The third-order valence-corrected chi connectivity index (χ3v) is 3.06. The molecule has 3 N–H and O–H groups in total. The van der Waals surface area contributed by atoms with Gasteiger partial charge in [0.05, 0.1) is 0 Å². The molecule has 1 aromatic rings. The average Bonchev–Trinajstić information content (AvgIpc) is 2.27. The Hall–Kier alpha value is -1.07. The predicted octanol–water partition coefficient (Wildman–Crippen LogP) is 3.83. The molecule has 19 heavy (non-hydrogen) atoms. The van der Waals surface area contributed by atoms with Crippen molar-refractivity contribution in [2.75, 3.05) is 0 Å². The van der Waals surface area contributed by atoms with Gasteiger partial charge in [-0.05, 0) is 23.0 Å². The van der Waals surface area contributed by atoms with E-state index in [1.54, 1.807) is 0 Å². The zero-order valence-electron chi connectivity index (χ0n) is 11.5. The van der Waals surface area contributed by atoms with Crippen molar-refractivity contribution < 1.29 is 13.2 Å². The number of rotatable bonds is 4. The van der Waals surface area contributed by atoms with Crippen molar-refractivity contribution in [1.82, 2.24) is 5.43 Å². The number of benzene rings is 1. The lowest BCUT2D eigenvalue weighted by Crippen LogP contribution is -2.31. The van der Waals surface area contributed by atoms with Gasteiger partial charge in [0.25, 0.3) is 0 Å². The maximum absolute atomic E-state index is 12.3. The van der Waals surface area contributed by atoms with Gasteiger partial charge in [0.1, 0.15) is 0 Å². The van der Waals surface area contributed by atoms with Crippen LogP contribution in [-0.4, -0.2) is 6.18 Å². The van der Waals surface area contributed by atoms with E-state index in [1.807, 2.05) is 45.0 Å². The second-order valence-corrected chi connectivity index (χ2v) is 5.71. The van der Waals surface area contributed by atoms with Gasteiger partial charge in [-0.25, -0.2) is 0 Å². The van der Waals surface area contributed by atoms with Gasteiger partial charge in [0.15, 0.2) is 0 Å². The third kappa shape index (κ3) is 4.84. The minimum Gasteiger partial charge on any atom is -0.271 e. The molecule has 0 saturated heterocycles. The molecule has 1 unspecified atom stereocenters. The topological polar surface area (TPSA) is 38.0 Å². The number of alkyl halides is 3. The highest BCUT2D eigenvalue weighted by Gasteiger charge is 2.30. The highest BCUT2D eigenvalue weighted by Crippen LogP contribution is 2.33. The fourth-order valence-electron chi connectivity index (χ4n) is 2.12. The Morgan fingerprint density at radius 1 is 1.16 bits per heavy atom. The van der Waals surface area contributed by atoms with E-state index in [2.05, 4.69) is 5.43 Å². The summed E-state index contributed by atoms with van der Waals surface area (Å²) in [6.07, 6.45) is -5.07. The Bertz CT molecular complexity index is 408. The van der Waals surface area contributed by atoms with Gasteiger partial charge >= 0.3 is 6.18 Å². The van der Waals surface area contributed by atoms with Crippen LogP contribution in [0.5, 0.6) is 0 Å². The van der Waals surface area contributed by atoms with Gasteiger partial charge in [-0.1, -0.05) is 45.0 Å². The molecule has 0 aliphatic heterocycles. The fourth-order valence-corrected chi connectivity index (χ4v) is 2.12. The van der Waals surface area contributed by atoms with Crippen molar-refractivity contribution in [2.24, 2.45) is 5.84 Å². The summed E-state index contributed by atoms with van der Waals surface area (Å²) in [7, 11) is 0. The molecule has 0 radical (unpaired) electrons. The summed E-state index contributed by atoms with van der Waals surface area (Å²) in [5.74, 6) is 5.43. The van der Waals surface area contributed by atoms with E-state index < -0.39 is 18.6 Å². The van der Waals surface area contributed by atoms with E-state index in [4.69, 9.17) is 5.84 Å². The van der Waals surface area contributed by atoms with Gasteiger partial charge in [-0.2, -0.15) is 13.2 Å². The first-order valence-electron chi connectivity index (χ1n) is 6.27. The normalized spacial score (nSPS) is 14.5. The van der Waals surface area contributed by atoms with Crippen LogP contribution in [0.15, 0.2) is 24.3 Å². The smallest absolute Gasteiger partial charge is 0.271 e. The molecule has 0 bridgehead atoms. The molecule has 0 heterocycles. The molecule has 0 amide bonds. The van der Waals surface area contributed by atoms with E-state index in [1.165, 1.54) is 0 Å². The zero-order valence-corrected chi connectivity index (χ0v) is 11.5. The zero-order chi connectivity index (χ0) is 14.7. The molecule has 0 spiro atoms. The van der Waals surface area contributed by atoms with E-state index in [9.17, 15) is 13.2 Å². The molecule has 108 valence electrons. The SMILES string of the molecule is CC(C)(C)c1ccccc1C(CCC(F)(F)F)NN. The lowest BCUT2D eigenvalue weighted by atomic mass is 9.81. The Morgan fingerprint density at radius 3 is 2.21 bits per heavy atom. The van der Waals surface area contributed by atoms with Crippen molar-refractivity contribution in [3.8, 4) is 0 Å². The Morgan fingerprint density at radius 2 is 1.74 bits per heavy atom. The quantitative estimate of drug-likeness (QED) is 0.647. The molecule has 0 aliphatic carbocycles. The molecule has 2 nitrogen and oxygen atoms in total. The number of hydrogen-bond donors (Lipinski definition) is 2. The summed E-state index contributed by atoms with van der Waals surface area (Å²) in [5, 5.41) is 0. The summed E-state index contributed by atoms with van der Waals surface area (Å²) in [5.41, 5.74) is 4.22. The molecule has 0 fully saturated rings. The highest BCUT2D eigenvalue weighted by molar-refractivity contribution is 5.35. The molecule has 5 heteroatoms. The lowest BCUT2D eigenvalue weighted by Gasteiger charge is -2.27. The largest absolute Gasteiger partial charge is 0.389 e. The lowest BCUT2D eigenvalue weighted by molar-refractivity contribution is -0.136. The number of nitrogens with two attached hydrogens (primary N) is 1. The van der Waals surface area contributed by atoms with Gasteiger partial charge in [-0.15, -0.1) is 0 Å². The summed E-state index contributed by atoms with van der Waals surface area (Å²) < 4.78 is 37.0. The van der Waals surface area contributed by atoms with E-state index in [0.29, 0.717) is 0 Å². The third-order valence-electron chi connectivity index (χ3n) is 3.06. The van der Waals surface area contributed by atoms with Gasteiger partial charge < -0.3 is 0 Å². The predicted molar refractivity (Wildman–Crippen MR) is 70.5 cm³/mol. The van der Waals surface area contributed by atoms with Crippen molar-refractivity contribution in [3.05, 3.63) is 35.4 Å². The van der Waals surface area contributed by atoms with Crippen LogP contribution in [-0.2, 0) is 5.41 Å². The highest BCUT2D eigenvalue weighted by atomic mass is 19.4. The number of nitrogens with one attached hydrogen (secondary N) is 1. The van der Waals surface area contributed by atoms with Crippen LogP contribution in [0.2, 0.25) is 0 Å². The first kappa shape index (κ1) is 16.0. The van der Waals surface area contributed by atoms with E-state index >= 15 is 0 Å². The molecule has 1 rings (SSSR count). The van der Waals surface area contributed by atoms with Crippen LogP contribution in [0.4, 0.5) is 13.2 Å². The van der Waals surface area contributed by atoms with E-state index in [-0.39, 0.29) is 11.8 Å². The van der Waals surface area contributed by atoms with Crippen molar-refractivity contribution >= 4 is 0 Å². The minimum atomic E-state index is -4.16. The second kappa shape index (κ2) is 5.92. The maximum atomic E-state index is 12.3. The summed E-state index contributed by atoms with van der Waals surface area (Å²) >= 11 is 0. The molecule has 0 aliphatic rings. The Kier molecular flexibility index (Phi) is 4.98. The fraction of sp³-hybridized carbons (Fsp3) is 0.571. The maximum Gasteiger partial charge on any atom is 0.389 e. The molecular weight excluding hydrogens is 253 g/mol. The molecule has 0 saturated carbocycles. The number of halogens is 3. The number of hydrogen-bond acceptors (Lipinski definition) is 2. The van der Waals surface area contributed by atoms with Crippen LogP contribution in [0.3, 0.4) is 0 Å². The van der Waals surface area contributed by atoms with Gasteiger partial charge in [-0.3, -0.25) is 11.3 Å². The van der Waals surface area contributed by atoms with Crippen LogP contribution < -0.4 is 11.3 Å². The molecule has 0 aromatic heterocycles. The van der Waals surface area contributed by atoms with E-state index in [0.717, 1.165) is 11.1 Å². The minimum absolute atomic E-state index is 0.0624. The summed E-state index contributed by atoms with van der Waals surface area (Å²) in [6.45, 7) is 6.09. The Balaban J connectivity index is 2.99. The first-order valence-corrected chi connectivity index (χ1v) is 6.27. The van der Waals surface area contributed by atoms with Gasteiger partial charge in [0.2, 0.25) is 0 Å².